The number of hydrogen-bond donors (Lipinski definition) is 1. The monoisotopic (exact) mass is 302 g/mol. The van der Waals surface area contributed by atoms with Crippen molar-refractivity contribution in [3.63, 3.8) is 0 Å². The van der Waals surface area contributed by atoms with Gasteiger partial charge < -0.3 is 9.63 Å². The molecule has 0 bridgehead atoms. The van der Waals surface area contributed by atoms with E-state index < -0.39 is 10.0 Å². The fraction of sp³-hybridized carbons (Fsp3) is 0.769. The molecule has 114 valence electrons. The van der Waals surface area contributed by atoms with Crippen LogP contribution >= 0.6 is 0 Å². The minimum absolute atomic E-state index is 0.0171. The molecule has 0 amide bonds. The van der Waals surface area contributed by atoms with Crippen molar-refractivity contribution in [2.75, 3.05) is 13.7 Å². The van der Waals surface area contributed by atoms with Crippen molar-refractivity contribution in [2.45, 2.75) is 50.5 Å². The van der Waals surface area contributed by atoms with E-state index in [1.807, 2.05) is 0 Å². The number of aryl methyl sites for hydroxylation is 2. The summed E-state index contributed by atoms with van der Waals surface area (Å²) in [6, 6.07) is -0.0171. The van der Waals surface area contributed by atoms with Crippen molar-refractivity contribution in [1.29, 1.82) is 0 Å². The molecular weight excluding hydrogens is 280 g/mol. The molecule has 0 spiro atoms. The second-order valence-electron chi connectivity index (χ2n) is 5.53. The zero-order chi connectivity index (χ0) is 14.9. The van der Waals surface area contributed by atoms with Gasteiger partial charge in [-0.2, -0.15) is 4.31 Å². The average Bonchev–Trinajstić information content (AvgIpc) is 2.78. The minimum atomic E-state index is -3.57. The maximum atomic E-state index is 12.7. The van der Waals surface area contributed by atoms with E-state index >= 15 is 0 Å². The zero-order valence-electron chi connectivity index (χ0n) is 12.2. The number of nitrogens with zero attached hydrogens (tertiary/aromatic N) is 2. The van der Waals surface area contributed by atoms with Gasteiger partial charge in [-0.25, -0.2) is 8.42 Å². The number of sulfonamides is 1. The lowest BCUT2D eigenvalue weighted by Crippen LogP contribution is -2.40. The minimum Gasteiger partial charge on any atom is -0.396 e. The van der Waals surface area contributed by atoms with E-state index in [1.165, 1.54) is 4.31 Å². The van der Waals surface area contributed by atoms with Crippen molar-refractivity contribution in [2.24, 2.45) is 5.92 Å². The third-order valence-corrected chi connectivity index (χ3v) is 6.35. The zero-order valence-corrected chi connectivity index (χ0v) is 13.0. The SMILES string of the molecule is Cc1noc(C)c1S(=O)(=O)N(C)C1CCC(CO)CC1. The predicted octanol–water partition coefficient (Wildman–Crippen LogP) is 1.46. The topological polar surface area (TPSA) is 83.6 Å². The third kappa shape index (κ3) is 2.75. The molecule has 1 aliphatic rings. The highest BCUT2D eigenvalue weighted by atomic mass is 32.2. The number of rotatable bonds is 4. The molecule has 0 aliphatic heterocycles. The van der Waals surface area contributed by atoms with Gasteiger partial charge in [-0.3, -0.25) is 0 Å². The predicted molar refractivity (Wildman–Crippen MR) is 73.8 cm³/mol. The van der Waals surface area contributed by atoms with Crippen molar-refractivity contribution in [1.82, 2.24) is 9.46 Å². The van der Waals surface area contributed by atoms with Crippen molar-refractivity contribution >= 4 is 10.0 Å². The lowest BCUT2D eigenvalue weighted by Gasteiger charge is -2.33. The van der Waals surface area contributed by atoms with Crippen molar-refractivity contribution in [3.8, 4) is 0 Å². The standard InChI is InChI=1S/C13H22N2O4S/c1-9-13(10(2)19-14-9)20(17,18)15(3)12-6-4-11(8-16)5-7-12/h11-12,16H,4-8H2,1-3H3. The van der Waals surface area contributed by atoms with Crippen LogP contribution in [0.3, 0.4) is 0 Å². The van der Waals surface area contributed by atoms with Crippen LogP contribution in [0.4, 0.5) is 0 Å². The Labute approximate surface area is 119 Å². The van der Waals surface area contributed by atoms with Crippen LogP contribution in [-0.4, -0.2) is 42.7 Å². The van der Waals surface area contributed by atoms with Gasteiger partial charge in [0, 0.05) is 19.7 Å². The lowest BCUT2D eigenvalue weighted by molar-refractivity contribution is 0.159. The second kappa shape index (κ2) is 5.83. The van der Waals surface area contributed by atoms with Crippen LogP contribution in [0.1, 0.15) is 37.1 Å². The molecular formula is C13H22N2O4S. The van der Waals surface area contributed by atoms with Crippen LogP contribution in [0, 0.1) is 19.8 Å². The van der Waals surface area contributed by atoms with E-state index in [-0.39, 0.29) is 17.5 Å². The summed E-state index contributed by atoms with van der Waals surface area (Å²) in [5.74, 6) is 0.639. The first-order valence-electron chi connectivity index (χ1n) is 6.89. The first kappa shape index (κ1) is 15.5. The summed E-state index contributed by atoms with van der Waals surface area (Å²) in [4.78, 5) is 0.185. The van der Waals surface area contributed by atoms with E-state index in [2.05, 4.69) is 5.16 Å². The second-order valence-corrected chi connectivity index (χ2v) is 7.47. The van der Waals surface area contributed by atoms with Gasteiger partial charge >= 0.3 is 0 Å². The molecule has 1 aromatic heterocycles. The van der Waals surface area contributed by atoms with Gasteiger partial charge in [-0.1, -0.05) is 5.16 Å². The Morgan fingerprint density at radius 1 is 1.30 bits per heavy atom. The molecule has 0 radical (unpaired) electrons. The summed E-state index contributed by atoms with van der Waals surface area (Å²) in [6.45, 7) is 3.44. The Kier molecular flexibility index (Phi) is 4.51. The summed E-state index contributed by atoms with van der Waals surface area (Å²) < 4.78 is 31.7. The molecule has 1 fully saturated rings. The number of aliphatic hydroxyl groups excluding tert-OH is 1. The summed E-state index contributed by atoms with van der Waals surface area (Å²) in [7, 11) is -1.95. The molecule has 1 aromatic rings. The van der Waals surface area contributed by atoms with Gasteiger partial charge in [-0.15, -0.1) is 0 Å². The van der Waals surface area contributed by atoms with Gasteiger partial charge in [0.25, 0.3) is 0 Å². The molecule has 1 saturated carbocycles. The van der Waals surface area contributed by atoms with Gasteiger partial charge in [0.15, 0.2) is 5.76 Å². The highest BCUT2D eigenvalue weighted by Crippen LogP contribution is 2.31. The van der Waals surface area contributed by atoms with E-state index in [0.29, 0.717) is 17.4 Å². The normalized spacial score (nSPS) is 24.2. The number of aliphatic hydroxyl groups is 1. The van der Waals surface area contributed by atoms with Crippen LogP contribution in [0.25, 0.3) is 0 Å². The van der Waals surface area contributed by atoms with Crippen molar-refractivity contribution in [3.05, 3.63) is 11.5 Å². The first-order valence-corrected chi connectivity index (χ1v) is 8.33. The molecule has 0 atom stereocenters. The molecule has 1 aliphatic carbocycles. The van der Waals surface area contributed by atoms with E-state index in [9.17, 15) is 8.42 Å². The molecule has 0 saturated heterocycles. The lowest BCUT2D eigenvalue weighted by atomic mass is 9.87. The fourth-order valence-electron chi connectivity index (χ4n) is 2.87. The first-order chi connectivity index (χ1) is 9.37. The summed E-state index contributed by atoms with van der Waals surface area (Å²) in [5.41, 5.74) is 0.401. The van der Waals surface area contributed by atoms with Gasteiger partial charge in [0.2, 0.25) is 10.0 Å². The molecule has 1 heterocycles. The van der Waals surface area contributed by atoms with Gasteiger partial charge in [-0.05, 0) is 45.4 Å². The van der Waals surface area contributed by atoms with Crippen LogP contribution < -0.4 is 0 Å². The average molecular weight is 302 g/mol. The molecule has 2 rings (SSSR count). The van der Waals surface area contributed by atoms with Crippen LogP contribution in [0.2, 0.25) is 0 Å². The summed E-state index contributed by atoms with van der Waals surface area (Å²) in [5, 5.41) is 12.9. The molecule has 0 unspecified atom stereocenters. The van der Waals surface area contributed by atoms with E-state index in [1.54, 1.807) is 20.9 Å². The quantitative estimate of drug-likeness (QED) is 0.910. The van der Waals surface area contributed by atoms with Gasteiger partial charge in [0.1, 0.15) is 10.6 Å². The Hall–Kier alpha value is -0.920. The van der Waals surface area contributed by atoms with Crippen LogP contribution in [-0.2, 0) is 10.0 Å². The highest BCUT2D eigenvalue weighted by Gasteiger charge is 2.34. The summed E-state index contributed by atoms with van der Waals surface area (Å²) >= 11 is 0. The molecule has 1 N–H and O–H groups in total. The third-order valence-electron chi connectivity index (χ3n) is 4.19. The maximum Gasteiger partial charge on any atom is 0.248 e. The Balaban J connectivity index is 2.18. The molecule has 6 nitrogen and oxygen atoms in total. The highest BCUT2D eigenvalue weighted by molar-refractivity contribution is 7.89. The number of aromatic nitrogens is 1. The van der Waals surface area contributed by atoms with Crippen LogP contribution in [0.5, 0.6) is 0 Å². The fourth-order valence-corrected chi connectivity index (χ4v) is 4.58. The maximum absolute atomic E-state index is 12.7. The van der Waals surface area contributed by atoms with Crippen molar-refractivity contribution < 1.29 is 18.0 Å². The van der Waals surface area contributed by atoms with E-state index in [4.69, 9.17) is 9.63 Å². The summed E-state index contributed by atoms with van der Waals surface area (Å²) in [6.07, 6.45) is 3.29. The molecule has 0 aromatic carbocycles. The van der Waals surface area contributed by atoms with E-state index in [0.717, 1.165) is 25.7 Å². The Morgan fingerprint density at radius 2 is 1.90 bits per heavy atom. The number of hydrogen-bond acceptors (Lipinski definition) is 5. The smallest absolute Gasteiger partial charge is 0.248 e. The van der Waals surface area contributed by atoms with Gasteiger partial charge in [0.05, 0.1) is 0 Å². The molecule has 7 heteroatoms. The van der Waals surface area contributed by atoms with Crippen LogP contribution in [0.15, 0.2) is 9.42 Å². The Morgan fingerprint density at radius 3 is 2.35 bits per heavy atom. The Bertz CT molecular complexity index is 539. The molecule has 20 heavy (non-hydrogen) atoms. The largest absolute Gasteiger partial charge is 0.396 e.